The molecule has 4 aromatic rings. The normalized spacial score (nSPS) is 17.6. The molecule has 0 aliphatic carbocycles. The van der Waals surface area contributed by atoms with Crippen molar-refractivity contribution in [2.45, 2.75) is 39.8 Å². The number of benzene rings is 2. The largest absolute Gasteiger partial charge is 0.454 e. The standard InChI is InChI=1S/2C19H23N5O3/c2*1-13(15-3-4-17-18(9-15)27-12-26-17)23-5-7-24(8-6-23)19-20-10-16(11-21-19)22-14(2)25/h2*3-4,9-11,13H,5-8,12H2,1-2H3,(H,22,25)/t2*13-/m10/s1. The van der Waals surface area contributed by atoms with E-state index in [2.05, 4.69) is 88.3 Å². The zero-order valence-electron chi connectivity index (χ0n) is 31.0. The van der Waals surface area contributed by atoms with Crippen molar-refractivity contribution in [2.75, 3.05) is 86.4 Å². The molecule has 2 amide bonds. The van der Waals surface area contributed by atoms with Gasteiger partial charge in [-0.1, -0.05) is 12.1 Å². The number of hydrogen-bond donors (Lipinski definition) is 2. The van der Waals surface area contributed by atoms with Gasteiger partial charge in [-0.05, 0) is 49.2 Å². The summed E-state index contributed by atoms with van der Waals surface area (Å²) in [6, 6.07) is 12.9. The lowest BCUT2D eigenvalue weighted by Crippen LogP contribution is -2.47. The van der Waals surface area contributed by atoms with E-state index < -0.39 is 0 Å². The lowest BCUT2D eigenvalue weighted by Gasteiger charge is -2.38. The molecule has 2 fully saturated rings. The molecule has 2 atom stereocenters. The number of hydrogen-bond acceptors (Lipinski definition) is 14. The summed E-state index contributed by atoms with van der Waals surface area (Å²) in [5, 5.41) is 5.37. The van der Waals surface area contributed by atoms with E-state index in [-0.39, 0.29) is 11.8 Å². The monoisotopic (exact) mass is 738 g/mol. The fourth-order valence-corrected chi connectivity index (χ4v) is 6.89. The molecule has 2 saturated heterocycles. The van der Waals surface area contributed by atoms with Gasteiger partial charge in [0.2, 0.25) is 37.3 Å². The summed E-state index contributed by atoms with van der Waals surface area (Å²) in [5.74, 6) is 4.41. The second kappa shape index (κ2) is 16.5. The first-order valence-electron chi connectivity index (χ1n) is 18.2. The van der Waals surface area contributed by atoms with E-state index in [0.717, 1.165) is 75.4 Å². The van der Waals surface area contributed by atoms with Gasteiger partial charge >= 0.3 is 0 Å². The summed E-state index contributed by atoms with van der Waals surface area (Å²) < 4.78 is 21.8. The number of carbonyl (C=O) groups excluding carboxylic acids is 2. The molecule has 0 bridgehead atoms. The lowest BCUT2D eigenvalue weighted by molar-refractivity contribution is -0.115. The number of amides is 2. The number of nitrogens with one attached hydrogen (secondary N) is 2. The molecule has 16 heteroatoms. The zero-order valence-corrected chi connectivity index (χ0v) is 31.0. The first kappa shape index (κ1) is 36.6. The van der Waals surface area contributed by atoms with Crippen molar-refractivity contribution in [3.05, 3.63) is 72.3 Å². The summed E-state index contributed by atoms with van der Waals surface area (Å²) in [7, 11) is 0. The van der Waals surface area contributed by atoms with E-state index in [9.17, 15) is 9.59 Å². The Balaban J connectivity index is 0.000000167. The van der Waals surface area contributed by atoms with Crippen LogP contribution in [0.4, 0.5) is 23.3 Å². The highest BCUT2D eigenvalue weighted by atomic mass is 16.7. The van der Waals surface area contributed by atoms with E-state index >= 15 is 0 Å². The maximum atomic E-state index is 11.1. The molecule has 4 aliphatic heterocycles. The van der Waals surface area contributed by atoms with Crippen molar-refractivity contribution < 1.29 is 28.5 Å². The van der Waals surface area contributed by atoms with Crippen molar-refractivity contribution in [2.24, 2.45) is 0 Å². The Morgan fingerprint density at radius 1 is 0.556 bits per heavy atom. The topological polar surface area (TPSA) is 160 Å². The molecule has 0 saturated carbocycles. The number of fused-ring (bicyclic) bond motifs is 2. The Bertz CT molecular complexity index is 1780. The van der Waals surface area contributed by atoms with Crippen LogP contribution in [0.2, 0.25) is 0 Å². The lowest BCUT2D eigenvalue weighted by atomic mass is 10.1. The van der Waals surface area contributed by atoms with Gasteiger partial charge in [0.05, 0.1) is 36.2 Å². The predicted molar refractivity (Wildman–Crippen MR) is 202 cm³/mol. The molecule has 54 heavy (non-hydrogen) atoms. The Morgan fingerprint density at radius 2 is 0.907 bits per heavy atom. The van der Waals surface area contributed by atoms with E-state index in [1.54, 1.807) is 24.8 Å². The van der Waals surface area contributed by atoms with Gasteiger partial charge in [-0.25, -0.2) is 19.9 Å². The highest BCUT2D eigenvalue weighted by Crippen LogP contribution is 2.37. The second-order valence-electron chi connectivity index (χ2n) is 13.5. The third kappa shape index (κ3) is 8.72. The molecule has 2 aromatic heterocycles. The van der Waals surface area contributed by atoms with E-state index in [0.29, 0.717) is 48.9 Å². The molecule has 16 nitrogen and oxygen atoms in total. The molecule has 2 N–H and O–H groups in total. The van der Waals surface area contributed by atoms with Crippen LogP contribution in [-0.4, -0.2) is 107 Å². The van der Waals surface area contributed by atoms with Gasteiger partial charge in [-0.3, -0.25) is 19.4 Å². The molecule has 0 spiro atoms. The van der Waals surface area contributed by atoms with Gasteiger partial charge in [0, 0.05) is 78.3 Å². The third-order valence-electron chi connectivity index (χ3n) is 9.96. The molecule has 284 valence electrons. The second-order valence-corrected chi connectivity index (χ2v) is 13.5. The van der Waals surface area contributed by atoms with Crippen LogP contribution in [0.5, 0.6) is 23.0 Å². The summed E-state index contributed by atoms with van der Waals surface area (Å²) in [6.45, 7) is 15.1. The average molecular weight is 739 g/mol. The van der Waals surface area contributed by atoms with E-state index in [4.69, 9.17) is 18.9 Å². The van der Waals surface area contributed by atoms with E-state index in [1.807, 2.05) is 12.1 Å². The van der Waals surface area contributed by atoms with Crippen molar-refractivity contribution in [1.29, 1.82) is 0 Å². The molecule has 0 unspecified atom stereocenters. The molecule has 0 radical (unpaired) electrons. The maximum Gasteiger partial charge on any atom is 0.231 e. The SMILES string of the molecule is CC(=O)Nc1cnc(N2CCN([C@@H](C)c3ccc4c(c3)OCO4)CC2)nc1.CC(=O)Nc1cnc(N2CCN([C@H](C)c3ccc4c(c3)OCO4)CC2)nc1. The molecule has 6 heterocycles. The van der Waals surface area contributed by atoms with Crippen LogP contribution in [0, 0.1) is 0 Å². The summed E-state index contributed by atoms with van der Waals surface area (Å²) in [6.07, 6.45) is 6.58. The molecule has 8 rings (SSSR count). The number of piperazine rings is 2. The van der Waals surface area contributed by atoms with Crippen LogP contribution >= 0.6 is 0 Å². The molecule has 4 aliphatic rings. The minimum Gasteiger partial charge on any atom is -0.454 e. The highest BCUT2D eigenvalue weighted by Gasteiger charge is 2.26. The summed E-state index contributed by atoms with van der Waals surface area (Å²) in [4.78, 5) is 48.9. The Kier molecular flexibility index (Phi) is 11.2. The fourth-order valence-electron chi connectivity index (χ4n) is 6.89. The van der Waals surface area contributed by atoms with Crippen LogP contribution in [0.25, 0.3) is 0 Å². The van der Waals surface area contributed by atoms with Gasteiger partial charge in [0.25, 0.3) is 0 Å². The fraction of sp³-hybridized carbons (Fsp3) is 0.421. The van der Waals surface area contributed by atoms with Gasteiger partial charge in [0.15, 0.2) is 23.0 Å². The number of anilines is 4. The molecular formula is C38H46N10O6. The first-order chi connectivity index (χ1) is 26.2. The van der Waals surface area contributed by atoms with Crippen LogP contribution in [0.3, 0.4) is 0 Å². The Hall–Kier alpha value is -5.74. The molecular weight excluding hydrogens is 692 g/mol. The van der Waals surface area contributed by atoms with Gasteiger partial charge in [0.1, 0.15) is 0 Å². The van der Waals surface area contributed by atoms with Gasteiger partial charge in [-0.2, -0.15) is 0 Å². The number of ether oxygens (including phenoxy) is 4. The van der Waals surface area contributed by atoms with Crippen molar-refractivity contribution in [3.63, 3.8) is 0 Å². The number of aromatic nitrogens is 4. The Labute approximate surface area is 314 Å². The predicted octanol–water partition coefficient (Wildman–Crippen LogP) is 4.09. The number of carbonyl (C=O) groups is 2. The minimum absolute atomic E-state index is 0.127. The third-order valence-corrected chi connectivity index (χ3v) is 9.96. The first-order valence-corrected chi connectivity index (χ1v) is 18.2. The number of nitrogens with zero attached hydrogens (tertiary/aromatic N) is 8. The highest BCUT2D eigenvalue weighted by molar-refractivity contribution is 5.88. The van der Waals surface area contributed by atoms with Gasteiger partial charge < -0.3 is 39.4 Å². The quantitative estimate of drug-likeness (QED) is 0.266. The average Bonchev–Trinajstić information content (AvgIpc) is 3.87. The zero-order chi connectivity index (χ0) is 37.6. The van der Waals surface area contributed by atoms with Crippen molar-refractivity contribution >= 4 is 35.1 Å². The Morgan fingerprint density at radius 3 is 1.26 bits per heavy atom. The number of rotatable bonds is 8. The summed E-state index contributed by atoms with van der Waals surface area (Å²) >= 11 is 0. The van der Waals surface area contributed by atoms with Crippen LogP contribution < -0.4 is 39.4 Å². The minimum atomic E-state index is -0.127. The molecule has 2 aromatic carbocycles. The van der Waals surface area contributed by atoms with Crippen LogP contribution in [-0.2, 0) is 9.59 Å². The van der Waals surface area contributed by atoms with Crippen LogP contribution in [0.1, 0.15) is 50.9 Å². The summed E-state index contributed by atoms with van der Waals surface area (Å²) in [5.41, 5.74) is 3.68. The van der Waals surface area contributed by atoms with Crippen molar-refractivity contribution in [1.82, 2.24) is 29.7 Å². The maximum absolute atomic E-state index is 11.1. The smallest absolute Gasteiger partial charge is 0.231 e. The van der Waals surface area contributed by atoms with E-state index in [1.165, 1.54) is 25.0 Å². The van der Waals surface area contributed by atoms with Crippen LogP contribution in [0.15, 0.2) is 61.2 Å². The van der Waals surface area contributed by atoms with Gasteiger partial charge in [-0.15, -0.1) is 0 Å². The van der Waals surface area contributed by atoms with Crippen molar-refractivity contribution in [3.8, 4) is 23.0 Å².